The zero-order valence-corrected chi connectivity index (χ0v) is 18.9. The highest BCUT2D eigenvalue weighted by Crippen LogP contribution is 2.15. The molecule has 0 radical (unpaired) electrons. The van der Waals surface area contributed by atoms with Gasteiger partial charge in [0.15, 0.2) is 5.96 Å². The van der Waals surface area contributed by atoms with Gasteiger partial charge in [-0.05, 0) is 42.4 Å². The number of guanidine groups is 1. The molecule has 0 spiro atoms. The topological polar surface area (TPSA) is 66.1 Å². The Kier molecular flexibility index (Phi) is 9.01. The van der Waals surface area contributed by atoms with Crippen molar-refractivity contribution in [3.05, 3.63) is 59.7 Å². The minimum Gasteiger partial charge on any atom is -0.497 e. The third-order valence-electron chi connectivity index (χ3n) is 4.82. The number of halogens is 1. The first-order valence-corrected chi connectivity index (χ1v) is 9.32. The zero-order chi connectivity index (χ0) is 19.1. The molecule has 0 aliphatic carbocycles. The van der Waals surface area contributed by atoms with E-state index >= 15 is 0 Å². The number of nitrogens with one attached hydrogen (secondary N) is 1. The van der Waals surface area contributed by atoms with E-state index in [1.807, 2.05) is 24.3 Å². The number of hydrogen-bond donors (Lipinski definition) is 2. The van der Waals surface area contributed by atoms with Gasteiger partial charge >= 0.3 is 0 Å². The fourth-order valence-corrected chi connectivity index (χ4v) is 3.05. The van der Waals surface area contributed by atoms with Gasteiger partial charge in [-0.1, -0.05) is 24.3 Å². The van der Waals surface area contributed by atoms with Crippen molar-refractivity contribution in [3.63, 3.8) is 0 Å². The molecule has 3 rings (SSSR count). The molecule has 7 heteroatoms. The average Bonchev–Trinajstić information content (AvgIpc) is 2.70. The van der Waals surface area contributed by atoms with E-state index in [0.29, 0.717) is 12.5 Å². The molecule has 28 heavy (non-hydrogen) atoms. The number of hydrogen-bond acceptors (Lipinski definition) is 4. The van der Waals surface area contributed by atoms with E-state index in [4.69, 9.17) is 10.5 Å². The third-order valence-corrected chi connectivity index (χ3v) is 4.82. The molecule has 0 saturated carbocycles. The maximum atomic E-state index is 5.99. The highest BCUT2D eigenvalue weighted by atomic mass is 127. The highest BCUT2D eigenvalue weighted by Gasteiger charge is 2.13. The van der Waals surface area contributed by atoms with Crippen molar-refractivity contribution in [3.8, 4) is 5.75 Å². The Bertz CT molecular complexity index is 740. The molecular weight excluding hydrogens is 465 g/mol. The summed E-state index contributed by atoms with van der Waals surface area (Å²) in [5.41, 5.74) is 9.37. The van der Waals surface area contributed by atoms with E-state index in [-0.39, 0.29) is 24.0 Å². The highest BCUT2D eigenvalue weighted by molar-refractivity contribution is 14.0. The SMILES string of the molecule is COc1ccc(NC(N)=NCc2ccc(CN3CCN(C)CC3)cc2)cc1.I. The van der Waals surface area contributed by atoms with Crippen LogP contribution in [0.2, 0.25) is 0 Å². The van der Waals surface area contributed by atoms with E-state index in [2.05, 4.69) is 51.4 Å². The summed E-state index contributed by atoms with van der Waals surface area (Å²) in [4.78, 5) is 9.30. The van der Waals surface area contributed by atoms with Crippen molar-refractivity contribution < 1.29 is 4.74 Å². The first-order valence-electron chi connectivity index (χ1n) is 9.32. The fourth-order valence-electron chi connectivity index (χ4n) is 3.05. The second-order valence-corrected chi connectivity index (χ2v) is 6.95. The van der Waals surface area contributed by atoms with Crippen molar-refractivity contribution in [2.24, 2.45) is 10.7 Å². The van der Waals surface area contributed by atoms with Crippen LogP contribution in [0, 0.1) is 0 Å². The van der Waals surface area contributed by atoms with Crippen molar-refractivity contribution in [1.29, 1.82) is 0 Å². The normalized spacial score (nSPS) is 15.7. The van der Waals surface area contributed by atoms with E-state index in [1.54, 1.807) is 7.11 Å². The van der Waals surface area contributed by atoms with Gasteiger partial charge in [0.2, 0.25) is 0 Å². The van der Waals surface area contributed by atoms with Crippen LogP contribution in [0.1, 0.15) is 11.1 Å². The molecule has 1 saturated heterocycles. The number of piperazine rings is 1. The fraction of sp³-hybridized carbons (Fsp3) is 0.381. The Balaban J connectivity index is 0.00000280. The van der Waals surface area contributed by atoms with E-state index in [9.17, 15) is 0 Å². The molecule has 1 fully saturated rings. The molecule has 0 atom stereocenters. The van der Waals surface area contributed by atoms with Crippen molar-refractivity contribution in [2.45, 2.75) is 13.1 Å². The molecule has 0 bridgehead atoms. The van der Waals surface area contributed by atoms with Gasteiger partial charge in [0, 0.05) is 38.4 Å². The Morgan fingerprint density at radius 1 is 1.00 bits per heavy atom. The molecule has 1 aliphatic rings. The molecule has 1 heterocycles. The second kappa shape index (κ2) is 11.2. The monoisotopic (exact) mass is 495 g/mol. The van der Waals surface area contributed by atoms with Crippen LogP contribution in [0.25, 0.3) is 0 Å². The number of methoxy groups -OCH3 is 1. The maximum absolute atomic E-state index is 5.99. The Morgan fingerprint density at radius 2 is 1.61 bits per heavy atom. The minimum atomic E-state index is 0. The quantitative estimate of drug-likeness (QED) is 0.367. The molecule has 0 amide bonds. The largest absolute Gasteiger partial charge is 0.497 e. The lowest BCUT2D eigenvalue weighted by atomic mass is 10.1. The number of anilines is 1. The van der Waals surface area contributed by atoms with Crippen LogP contribution < -0.4 is 15.8 Å². The average molecular weight is 495 g/mol. The van der Waals surface area contributed by atoms with Crippen LogP contribution in [0.4, 0.5) is 5.69 Å². The summed E-state index contributed by atoms with van der Waals surface area (Å²) in [6, 6.07) is 16.2. The van der Waals surface area contributed by atoms with Crippen LogP contribution in [0.15, 0.2) is 53.5 Å². The number of rotatable bonds is 6. The molecule has 152 valence electrons. The lowest BCUT2D eigenvalue weighted by Gasteiger charge is -2.32. The zero-order valence-electron chi connectivity index (χ0n) is 16.6. The number of likely N-dealkylation sites (N-methyl/N-ethyl adjacent to an activating group) is 1. The van der Waals surface area contributed by atoms with Crippen molar-refractivity contribution in [1.82, 2.24) is 9.80 Å². The summed E-state index contributed by atoms with van der Waals surface area (Å²) in [6.07, 6.45) is 0. The number of ether oxygens (including phenoxy) is 1. The Labute approximate surface area is 184 Å². The van der Waals surface area contributed by atoms with Gasteiger partial charge in [-0.15, -0.1) is 24.0 Å². The molecule has 1 aliphatic heterocycles. The lowest BCUT2D eigenvalue weighted by molar-refractivity contribution is 0.148. The van der Waals surface area contributed by atoms with Crippen LogP contribution >= 0.6 is 24.0 Å². The molecule has 3 N–H and O–H groups in total. The van der Waals surface area contributed by atoms with E-state index in [0.717, 1.165) is 49.7 Å². The van der Waals surface area contributed by atoms with Crippen molar-refractivity contribution in [2.75, 3.05) is 45.7 Å². The number of nitrogens with two attached hydrogens (primary N) is 1. The first kappa shape index (κ1) is 22.4. The molecule has 0 aromatic heterocycles. The van der Waals surface area contributed by atoms with Gasteiger partial charge in [0.05, 0.1) is 13.7 Å². The van der Waals surface area contributed by atoms with Gasteiger partial charge in [0.25, 0.3) is 0 Å². The molecular formula is C21H30IN5O. The lowest BCUT2D eigenvalue weighted by Crippen LogP contribution is -2.43. The Hall–Kier alpha value is -1.84. The van der Waals surface area contributed by atoms with Crippen molar-refractivity contribution >= 4 is 35.6 Å². The van der Waals surface area contributed by atoms with E-state index in [1.165, 1.54) is 5.56 Å². The second-order valence-electron chi connectivity index (χ2n) is 6.95. The Morgan fingerprint density at radius 3 is 2.21 bits per heavy atom. The molecule has 6 nitrogen and oxygen atoms in total. The summed E-state index contributed by atoms with van der Waals surface area (Å²) >= 11 is 0. The minimum absolute atomic E-state index is 0. The van der Waals surface area contributed by atoms with Gasteiger partial charge in [-0.2, -0.15) is 0 Å². The summed E-state index contributed by atoms with van der Waals surface area (Å²) < 4.78 is 5.15. The summed E-state index contributed by atoms with van der Waals surface area (Å²) in [6.45, 7) is 6.13. The van der Waals surface area contributed by atoms with Gasteiger partial charge in [-0.3, -0.25) is 4.90 Å². The number of nitrogens with zero attached hydrogens (tertiary/aromatic N) is 3. The van der Waals surface area contributed by atoms with Gasteiger partial charge in [0.1, 0.15) is 5.75 Å². The summed E-state index contributed by atoms with van der Waals surface area (Å²) in [5.74, 6) is 1.22. The van der Waals surface area contributed by atoms with Crippen LogP contribution in [-0.4, -0.2) is 56.1 Å². The van der Waals surface area contributed by atoms with Crippen LogP contribution in [0.5, 0.6) is 5.75 Å². The molecule has 2 aromatic rings. The van der Waals surface area contributed by atoms with Crippen LogP contribution in [-0.2, 0) is 13.1 Å². The standard InChI is InChI=1S/C21H29N5O.HI/c1-25-11-13-26(14-12-25)16-18-5-3-17(4-6-18)15-23-21(22)24-19-7-9-20(27-2)10-8-19;/h3-10H,11-16H2,1-2H3,(H3,22,23,24);1H. The first-order chi connectivity index (χ1) is 13.1. The summed E-state index contributed by atoms with van der Waals surface area (Å²) in [7, 11) is 3.83. The van der Waals surface area contributed by atoms with Gasteiger partial charge in [-0.25, -0.2) is 4.99 Å². The smallest absolute Gasteiger partial charge is 0.193 e. The van der Waals surface area contributed by atoms with Gasteiger partial charge < -0.3 is 20.7 Å². The van der Waals surface area contributed by atoms with Crippen LogP contribution in [0.3, 0.4) is 0 Å². The molecule has 0 unspecified atom stereocenters. The molecule has 2 aromatic carbocycles. The van der Waals surface area contributed by atoms with E-state index < -0.39 is 0 Å². The summed E-state index contributed by atoms with van der Waals surface area (Å²) in [5, 5.41) is 3.09. The maximum Gasteiger partial charge on any atom is 0.193 e. The predicted octanol–water partition coefficient (Wildman–Crippen LogP) is 2.99. The number of benzene rings is 2. The number of aliphatic imine (C=N–C) groups is 1. The predicted molar refractivity (Wildman–Crippen MR) is 127 cm³/mol. The third kappa shape index (κ3) is 6.96.